The Labute approximate surface area is 109 Å². The number of aryl methyl sites for hydroxylation is 1. The van der Waals surface area contributed by atoms with E-state index in [-0.39, 0.29) is 0 Å². The molecular weight excluding hydrogens is 220 g/mol. The van der Waals surface area contributed by atoms with Gasteiger partial charge in [-0.1, -0.05) is 31.5 Å². The van der Waals surface area contributed by atoms with Crippen LogP contribution in [0.25, 0.3) is 0 Å². The predicted octanol–water partition coefficient (Wildman–Crippen LogP) is 3.46. The van der Waals surface area contributed by atoms with Gasteiger partial charge in [-0.2, -0.15) is 0 Å². The van der Waals surface area contributed by atoms with Gasteiger partial charge in [0.15, 0.2) is 0 Å². The standard InChI is InChI=1S/C16H20N2/c1-2-5-14-8-10-17(12-14)13-18-11-9-15-6-3-4-7-16(15)18/h3-4,6-8,10,12H,2,5,9,11,13H2,1H3. The zero-order valence-corrected chi connectivity index (χ0v) is 11.0. The third kappa shape index (κ3) is 2.15. The fourth-order valence-corrected chi connectivity index (χ4v) is 2.77. The van der Waals surface area contributed by atoms with E-state index in [0.717, 1.165) is 13.2 Å². The molecule has 0 fully saturated rings. The molecule has 0 saturated heterocycles. The van der Waals surface area contributed by atoms with Crippen LogP contribution >= 0.6 is 0 Å². The van der Waals surface area contributed by atoms with Crippen molar-refractivity contribution in [3.8, 4) is 0 Å². The summed E-state index contributed by atoms with van der Waals surface area (Å²) in [6, 6.07) is 11.0. The molecule has 94 valence electrons. The fourth-order valence-electron chi connectivity index (χ4n) is 2.77. The van der Waals surface area contributed by atoms with Crippen molar-refractivity contribution in [3.05, 3.63) is 53.9 Å². The molecule has 0 N–H and O–H groups in total. The van der Waals surface area contributed by atoms with Gasteiger partial charge in [0, 0.05) is 24.6 Å². The third-order valence-electron chi connectivity index (χ3n) is 3.67. The topological polar surface area (TPSA) is 8.17 Å². The van der Waals surface area contributed by atoms with Crippen molar-refractivity contribution in [1.29, 1.82) is 0 Å². The number of nitrogens with zero attached hydrogens (tertiary/aromatic N) is 2. The van der Waals surface area contributed by atoms with E-state index >= 15 is 0 Å². The molecule has 18 heavy (non-hydrogen) atoms. The summed E-state index contributed by atoms with van der Waals surface area (Å²) < 4.78 is 2.30. The molecule has 1 aromatic heterocycles. The van der Waals surface area contributed by atoms with Crippen LogP contribution in [0.1, 0.15) is 24.5 Å². The molecule has 0 atom stereocenters. The summed E-state index contributed by atoms with van der Waals surface area (Å²) in [6.45, 7) is 4.34. The first-order valence-electron chi connectivity index (χ1n) is 6.84. The minimum atomic E-state index is 0.973. The molecule has 1 aliphatic heterocycles. The van der Waals surface area contributed by atoms with E-state index < -0.39 is 0 Å². The van der Waals surface area contributed by atoms with Crippen LogP contribution in [0.2, 0.25) is 0 Å². The number of para-hydroxylation sites is 1. The fraction of sp³-hybridized carbons (Fsp3) is 0.375. The Morgan fingerprint density at radius 1 is 1.17 bits per heavy atom. The lowest BCUT2D eigenvalue weighted by atomic mass is 10.2. The first-order valence-corrected chi connectivity index (χ1v) is 6.84. The van der Waals surface area contributed by atoms with Gasteiger partial charge in [0.05, 0.1) is 6.67 Å². The number of fused-ring (bicyclic) bond motifs is 1. The maximum atomic E-state index is 2.46. The normalized spacial score (nSPS) is 13.9. The molecule has 0 amide bonds. The first kappa shape index (κ1) is 11.4. The van der Waals surface area contributed by atoms with Crippen molar-refractivity contribution in [3.63, 3.8) is 0 Å². The van der Waals surface area contributed by atoms with Crippen molar-refractivity contribution in [2.75, 3.05) is 11.4 Å². The highest BCUT2D eigenvalue weighted by atomic mass is 15.3. The van der Waals surface area contributed by atoms with Crippen molar-refractivity contribution >= 4 is 5.69 Å². The maximum absolute atomic E-state index is 2.46. The van der Waals surface area contributed by atoms with E-state index in [4.69, 9.17) is 0 Å². The first-order chi connectivity index (χ1) is 8.86. The van der Waals surface area contributed by atoms with Gasteiger partial charge in [-0.15, -0.1) is 0 Å². The van der Waals surface area contributed by atoms with Gasteiger partial charge in [0.2, 0.25) is 0 Å². The largest absolute Gasteiger partial charge is 0.353 e. The zero-order valence-electron chi connectivity index (χ0n) is 11.0. The molecule has 0 bridgehead atoms. The summed E-state index contributed by atoms with van der Waals surface area (Å²) in [4.78, 5) is 2.46. The van der Waals surface area contributed by atoms with Crippen LogP contribution in [0, 0.1) is 0 Å². The summed E-state index contributed by atoms with van der Waals surface area (Å²) in [7, 11) is 0. The van der Waals surface area contributed by atoms with E-state index in [2.05, 4.69) is 59.1 Å². The molecule has 2 aromatic rings. The van der Waals surface area contributed by atoms with Gasteiger partial charge < -0.3 is 9.47 Å². The van der Waals surface area contributed by atoms with Gasteiger partial charge in [-0.3, -0.25) is 0 Å². The monoisotopic (exact) mass is 240 g/mol. The highest BCUT2D eigenvalue weighted by molar-refractivity contribution is 5.57. The number of anilines is 1. The Bertz CT molecular complexity index is 527. The lowest BCUT2D eigenvalue weighted by Gasteiger charge is -2.20. The van der Waals surface area contributed by atoms with Crippen LogP contribution in [-0.4, -0.2) is 11.1 Å². The summed E-state index contributed by atoms with van der Waals surface area (Å²) in [6.07, 6.45) is 8.07. The zero-order chi connectivity index (χ0) is 12.4. The summed E-state index contributed by atoms with van der Waals surface area (Å²) in [5.41, 5.74) is 4.34. The summed E-state index contributed by atoms with van der Waals surface area (Å²) in [5.74, 6) is 0. The van der Waals surface area contributed by atoms with Crippen LogP contribution in [0.4, 0.5) is 5.69 Å². The number of aromatic nitrogens is 1. The number of rotatable bonds is 4. The number of benzene rings is 1. The average molecular weight is 240 g/mol. The Morgan fingerprint density at radius 3 is 2.94 bits per heavy atom. The Morgan fingerprint density at radius 2 is 2.06 bits per heavy atom. The SMILES string of the molecule is CCCc1ccn(CN2CCc3ccccc32)c1. The van der Waals surface area contributed by atoms with Crippen molar-refractivity contribution in [1.82, 2.24) is 4.57 Å². The molecule has 1 aliphatic rings. The predicted molar refractivity (Wildman–Crippen MR) is 75.9 cm³/mol. The Kier molecular flexibility index (Phi) is 3.09. The van der Waals surface area contributed by atoms with E-state index in [9.17, 15) is 0 Å². The lowest BCUT2D eigenvalue weighted by Crippen LogP contribution is -2.23. The molecule has 2 heterocycles. The van der Waals surface area contributed by atoms with Gasteiger partial charge in [0.25, 0.3) is 0 Å². The molecule has 0 aliphatic carbocycles. The van der Waals surface area contributed by atoms with E-state index in [1.165, 1.54) is 36.1 Å². The van der Waals surface area contributed by atoms with E-state index in [1.54, 1.807) is 0 Å². The van der Waals surface area contributed by atoms with Crippen LogP contribution < -0.4 is 4.90 Å². The number of hydrogen-bond acceptors (Lipinski definition) is 1. The molecule has 3 rings (SSSR count). The van der Waals surface area contributed by atoms with Gasteiger partial charge >= 0.3 is 0 Å². The Balaban J connectivity index is 1.73. The minimum Gasteiger partial charge on any atom is -0.353 e. The molecule has 0 radical (unpaired) electrons. The smallest absolute Gasteiger partial charge is 0.0940 e. The summed E-state index contributed by atoms with van der Waals surface area (Å²) in [5, 5.41) is 0. The van der Waals surface area contributed by atoms with Gasteiger partial charge in [-0.05, 0) is 36.1 Å². The molecular formula is C16H20N2. The van der Waals surface area contributed by atoms with Crippen LogP contribution in [0.15, 0.2) is 42.7 Å². The van der Waals surface area contributed by atoms with Crippen molar-refractivity contribution < 1.29 is 0 Å². The van der Waals surface area contributed by atoms with E-state index in [0.29, 0.717) is 0 Å². The lowest BCUT2D eigenvalue weighted by molar-refractivity contribution is 0.657. The molecule has 0 spiro atoms. The second kappa shape index (κ2) is 4.89. The second-order valence-corrected chi connectivity index (χ2v) is 5.07. The molecule has 2 heteroatoms. The highest BCUT2D eigenvalue weighted by Crippen LogP contribution is 2.27. The van der Waals surface area contributed by atoms with Crippen molar-refractivity contribution in [2.24, 2.45) is 0 Å². The quantitative estimate of drug-likeness (QED) is 0.794. The molecule has 0 saturated carbocycles. The van der Waals surface area contributed by atoms with E-state index in [1.807, 2.05) is 0 Å². The molecule has 1 aromatic carbocycles. The Hall–Kier alpha value is -1.70. The highest BCUT2D eigenvalue weighted by Gasteiger charge is 2.17. The molecule has 2 nitrogen and oxygen atoms in total. The van der Waals surface area contributed by atoms with Crippen LogP contribution in [-0.2, 0) is 19.5 Å². The average Bonchev–Trinajstić information content (AvgIpc) is 2.99. The van der Waals surface area contributed by atoms with Crippen molar-refractivity contribution in [2.45, 2.75) is 32.9 Å². The molecule has 0 unspecified atom stereocenters. The minimum absolute atomic E-state index is 0.973. The van der Waals surface area contributed by atoms with Gasteiger partial charge in [-0.25, -0.2) is 0 Å². The number of hydrogen-bond donors (Lipinski definition) is 0. The van der Waals surface area contributed by atoms with Gasteiger partial charge in [0.1, 0.15) is 0 Å². The van der Waals surface area contributed by atoms with Crippen LogP contribution in [0.5, 0.6) is 0 Å². The third-order valence-corrected chi connectivity index (χ3v) is 3.67. The summed E-state index contributed by atoms with van der Waals surface area (Å²) >= 11 is 0. The second-order valence-electron chi connectivity index (χ2n) is 5.07. The van der Waals surface area contributed by atoms with Crippen LogP contribution in [0.3, 0.4) is 0 Å². The maximum Gasteiger partial charge on any atom is 0.0940 e.